The van der Waals surface area contributed by atoms with Crippen molar-refractivity contribution in [3.05, 3.63) is 76.6 Å². The second-order valence-electron chi connectivity index (χ2n) is 6.59. The second kappa shape index (κ2) is 8.82. The predicted octanol–water partition coefficient (Wildman–Crippen LogP) is 3.10. The molecule has 0 saturated heterocycles. The SMILES string of the molecule is CS(=O)(=O)Nc1cc(Cl)cc(NC(=O)c2c[nH]c(C[C@H](O)c3ccc(F)cn3)c2)c1. The van der Waals surface area contributed by atoms with Crippen LogP contribution in [0.5, 0.6) is 0 Å². The van der Waals surface area contributed by atoms with Crippen LogP contribution in [0, 0.1) is 5.82 Å². The number of aromatic nitrogens is 2. The third-order valence-electron chi connectivity index (χ3n) is 3.97. The lowest BCUT2D eigenvalue weighted by Crippen LogP contribution is -2.13. The van der Waals surface area contributed by atoms with Gasteiger partial charge in [0.25, 0.3) is 5.91 Å². The van der Waals surface area contributed by atoms with Gasteiger partial charge >= 0.3 is 0 Å². The Morgan fingerprint density at radius 3 is 2.67 bits per heavy atom. The maximum atomic E-state index is 12.9. The normalized spacial score (nSPS) is 12.4. The summed E-state index contributed by atoms with van der Waals surface area (Å²) in [7, 11) is -3.50. The van der Waals surface area contributed by atoms with Gasteiger partial charge in [0, 0.05) is 29.0 Å². The number of rotatable bonds is 7. The molecule has 158 valence electrons. The molecule has 8 nitrogen and oxygen atoms in total. The van der Waals surface area contributed by atoms with Gasteiger partial charge in [0.15, 0.2) is 0 Å². The first-order chi connectivity index (χ1) is 14.1. The van der Waals surface area contributed by atoms with Crippen LogP contribution in [-0.4, -0.2) is 35.7 Å². The van der Waals surface area contributed by atoms with Crippen LogP contribution in [0.25, 0.3) is 0 Å². The highest BCUT2D eigenvalue weighted by atomic mass is 35.5. The number of carbonyl (C=O) groups excluding carboxylic acids is 1. The van der Waals surface area contributed by atoms with Crippen molar-refractivity contribution in [2.24, 2.45) is 0 Å². The molecule has 0 aliphatic heterocycles. The average molecular weight is 453 g/mol. The van der Waals surface area contributed by atoms with E-state index in [2.05, 4.69) is 20.0 Å². The van der Waals surface area contributed by atoms with Crippen molar-refractivity contribution >= 4 is 38.9 Å². The van der Waals surface area contributed by atoms with Gasteiger partial charge in [-0.15, -0.1) is 0 Å². The van der Waals surface area contributed by atoms with E-state index in [4.69, 9.17) is 11.6 Å². The van der Waals surface area contributed by atoms with Crippen molar-refractivity contribution < 1.29 is 22.7 Å². The Hall–Kier alpha value is -2.95. The molecule has 0 unspecified atom stereocenters. The molecule has 0 saturated carbocycles. The zero-order chi connectivity index (χ0) is 21.9. The number of aliphatic hydroxyl groups is 1. The number of aliphatic hydroxyl groups excluding tert-OH is 1. The highest BCUT2D eigenvalue weighted by molar-refractivity contribution is 7.92. The van der Waals surface area contributed by atoms with E-state index < -0.39 is 27.9 Å². The molecule has 1 aromatic carbocycles. The minimum absolute atomic E-state index is 0.144. The number of amides is 1. The molecular formula is C19H18ClFN4O4S. The second-order valence-corrected chi connectivity index (χ2v) is 8.78. The summed E-state index contributed by atoms with van der Waals surface area (Å²) in [5.74, 6) is -0.958. The van der Waals surface area contributed by atoms with Crippen molar-refractivity contribution in [1.29, 1.82) is 0 Å². The van der Waals surface area contributed by atoms with Crippen LogP contribution in [0.2, 0.25) is 5.02 Å². The summed E-state index contributed by atoms with van der Waals surface area (Å²) in [5, 5.41) is 13.1. The van der Waals surface area contributed by atoms with Gasteiger partial charge in [-0.05, 0) is 36.4 Å². The van der Waals surface area contributed by atoms with E-state index in [1.54, 1.807) is 6.07 Å². The molecule has 11 heteroatoms. The largest absolute Gasteiger partial charge is 0.386 e. The maximum Gasteiger partial charge on any atom is 0.257 e. The minimum atomic E-state index is -3.50. The van der Waals surface area contributed by atoms with Gasteiger partial charge in [0.2, 0.25) is 10.0 Å². The Morgan fingerprint density at radius 1 is 1.27 bits per heavy atom. The maximum absolute atomic E-state index is 12.9. The molecular weight excluding hydrogens is 435 g/mol. The van der Waals surface area contributed by atoms with E-state index in [1.807, 2.05) is 0 Å². The first-order valence-electron chi connectivity index (χ1n) is 8.65. The number of sulfonamides is 1. The van der Waals surface area contributed by atoms with Crippen molar-refractivity contribution in [2.45, 2.75) is 12.5 Å². The number of nitrogens with one attached hydrogen (secondary N) is 3. The fraction of sp³-hybridized carbons (Fsp3) is 0.158. The number of H-pyrrole nitrogens is 1. The molecule has 0 fully saturated rings. The number of anilines is 2. The summed E-state index contributed by atoms with van der Waals surface area (Å²) in [6.07, 6.45) is 2.66. The average Bonchev–Trinajstić information content (AvgIpc) is 3.09. The number of benzene rings is 1. The van der Waals surface area contributed by atoms with Gasteiger partial charge in [-0.2, -0.15) is 0 Å². The summed E-state index contributed by atoms with van der Waals surface area (Å²) < 4.78 is 38.0. The Labute approximate surface area is 177 Å². The van der Waals surface area contributed by atoms with E-state index in [0.717, 1.165) is 12.5 Å². The monoisotopic (exact) mass is 452 g/mol. The van der Waals surface area contributed by atoms with Gasteiger partial charge < -0.3 is 15.4 Å². The number of carbonyl (C=O) groups is 1. The van der Waals surface area contributed by atoms with E-state index >= 15 is 0 Å². The molecule has 1 amide bonds. The van der Waals surface area contributed by atoms with Gasteiger partial charge in [0.05, 0.1) is 29.4 Å². The summed E-state index contributed by atoms with van der Waals surface area (Å²) >= 11 is 5.99. The third-order valence-corrected chi connectivity index (χ3v) is 4.79. The smallest absolute Gasteiger partial charge is 0.257 e. The quantitative estimate of drug-likeness (QED) is 0.438. The summed E-state index contributed by atoms with van der Waals surface area (Å²) in [6.45, 7) is 0. The summed E-state index contributed by atoms with van der Waals surface area (Å²) in [5.41, 5.74) is 1.69. The van der Waals surface area contributed by atoms with Gasteiger partial charge in [0.1, 0.15) is 11.9 Å². The van der Waals surface area contributed by atoms with E-state index in [0.29, 0.717) is 22.6 Å². The van der Waals surface area contributed by atoms with Crippen LogP contribution in [0.3, 0.4) is 0 Å². The molecule has 0 bridgehead atoms. The highest BCUT2D eigenvalue weighted by Gasteiger charge is 2.15. The minimum Gasteiger partial charge on any atom is -0.386 e. The number of halogens is 2. The molecule has 2 heterocycles. The van der Waals surface area contributed by atoms with Crippen molar-refractivity contribution in [3.63, 3.8) is 0 Å². The third kappa shape index (κ3) is 6.02. The van der Waals surface area contributed by atoms with Gasteiger partial charge in [-0.25, -0.2) is 12.8 Å². The predicted molar refractivity (Wildman–Crippen MR) is 112 cm³/mol. The van der Waals surface area contributed by atoms with Crippen LogP contribution < -0.4 is 10.0 Å². The number of hydrogen-bond donors (Lipinski definition) is 4. The van der Waals surface area contributed by atoms with E-state index in [-0.39, 0.29) is 17.1 Å². The Bertz CT molecular complexity index is 1170. The molecule has 0 spiro atoms. The first-order valence-corrected chi connectivity index (χ1v) is 10.9. The molecule has 30 heavy (non-hydrogen) atoms. The Morgan fingerprint density at radius 2 is 2.00 bits per heavy atom. The standard InChI is InChI=1S/C19H18ClFN4O4S/c1-30(28,29)25-16-6-12(20)5-15(7-16)24-19(27)11-4-14(22-9-11)8-18(26)17-3-2-13(21)10-23-17/h2-7,9-10,18,22,25-26H,8H2,1H3,(H,24,27)/t18-/m0/s1. The van der Waals surface area contributed by atoms with Crippen LogP contribution in [0.1, 0.15) is 27.8 Å². The molecule has 3 aromatic rings. The highest BCUT2D eigenvalue weighted by Crippen LogP contribution is 2.24. The van der Waals surface area contributed by atoms with Gasteiger partial charge in [-0.1, -0.05) is 11.6 Å². The van der Waals surface area contributed by atoms with Crippen molar-refractivity contribution in [2.75, 3.05) is 16.3 Å². The zero-order valence-corrected chi connectivity index (χ0v) is 17.3. The van der Waals surface area contributed by atoms with Gasteiger partial charge in [-0.3, -0.25) is 14.5 Å². The molecule has 0 aliphatic carbocycles. The fourth-order valence-corrected chi connectivity index (χ4v) is 3.51. The number of nitrogens with zero attached hydrogens (tertiary/aromatic N) is 1. The number of pyridine rings is 1. The topological polar surface area (TPSA) is 124 Å². The lowest BCUT2D eigenvalue weighted by molar-refractivity contribution is 0.102. The molecule has 4 N–H and O–H groups in total. The molecule has 2 aromatic heterocycles. The molecule has 3 rings (SSSR count). The van der Waals surface area contributed by atoms with E-state index in [1.165, 1.54) is 36.5 Å². The van der Waals surface area contributed by atoms with Crippen LogP contribution in [0.15, 0.2) is 48.8 Å². The Kier molecular flexibility index (Phi) is 6.40. The zero-order valence-electron chi connectivity index (χ0n) is 15.7. The lowest BCUT2D eigenvalue weighted by atomic mass is 10.1. The molecule has 0 radical (unpaired) electrons. The Balaban J connectivity index is 1.68. The molecule has 0 aliphatic rings. The van der Waals surface area contributed by atoms with Crippen molar-refractivity contribution in [1.82, 2.24) is 9.97 Å². The van der Waals surface area contributed by atoms with E-state index in [9.17, 15) is 22.7 Å². The molecule has 1 atom stereocenters. The van der Waals surface area contributed by atoms with Crippen LogP contribution >= 0.6 is 11.6 Å². The number of aromatic amines is 1. The first kappa shape index (κ1) is 21.8. The van der Waals surface area contributed by atoms with Crippen molar-refractivity contribution in [3.8, 4) is 0 Å². The summed E-state index contributed by atoms with van der Waals surface area (Å²) in [4.78, 5) is 19.2. The van der Waals surface area contributed by atoms with Crippen LogP contribution in [-0.2, 0) is 16.4 Å². The van der Waals surface area contributed by atoms with Crippen LogP contribution in [0.4, 0.5) is 15.8 Å². The summed E-state index contributed by atoms with van der Waals surface area (Å²) in [6, 6.07) is 8.47. The number of hydrogen-bond acceptors (Lipinski definition) is 5. The fourth-order valence-electron chi connectivity index (χ4n) is 2.73. The lowest BCUT2D eigenvalue weighted by Gasteiger charge is -2.09.